The van der Waals surface area contributed by atoms with Crippen LogP contribution in [0.2, 0.25) is 0 Å². The van der Waals surface area contributed by atoms with Gasteiger partial charge in [-0.05, 0) is 6.07 Å². The molecule has 0 unspecified atom stereocenters. The Hall–Kier alpha value is -1.51. The SMILES string of the molecule is BC(=O)c1c[nH]c2ccccc12. The van der Waals surface area contributed by atoms with E-state index >= 15 is 0 Å². The number of aromatic nitrogens is 1. The lowest BCUT2D eigenvalue weighted by molar-refractivity contribution is 0.108. The van der Waals surface area contributed by atoms with Crippen molar-refractivity contribution in [1.82, 2.24) is 4.98 Å². The van der Waals surface area contributed by atoms with E-state index in [1.807, 2.05) is 24.3 Å². The molecule has 0 saturated heterocycles. The Balaban J connectivity index is 2.79. The second kappa shape index (κ2) is 2.52. The molecule has 12 heavy (non-hydrogen) atoms. The molecule has 2 aromatic rings. The maximum Gasteiger partial charge on any atom is 0.193 e. The first-order chi connectivity index (χ1) is 5.79. The van der Waals surface area contributed by atoms with Crippen LogP contribution in [0.3, 0.4) is 0 Å². The standard InChI is InChI=1S/C9H8BNO/c10-9(12)7-5-11-8-4-2-1-3-6(7)8/h1-5,11H,10H2. The van der Waals surface area contributed by atoms with Gasteiger partial charge < -0.3 is 9.78 Å². The Morgan fingerprint density at radius 2 is 2.08 bits per heavy atom. The lowest BCUT2D eigenvalue weighted by atomic mass is 9.95. The van der Waals surface area contributed by atoms with Crippen LogP contribution >= 0.6 is 0 Å². The lowest BCUT2D eigenvalue weighted by Crippen LogP contribution is -1.94. The van der Waals surface area contributed by atoms with Crippen molar-refractivity contribution in [2.45, 2.75) is 0 Å². The second-order valence-electron chi connectivity index (χ2n) is 2.80. The molecule has 3 heteroatoms. The highest BCUT2D eigenvalue weighted by Crippen LogP contribution is 2.16. The summed E-state index contributed by atoms with van der Waals surface area (Å²) in [5.41, 5.74) is 1.89. The lowest BCUT2D eigenvalue weighted by Gasteiger charge is -1.90. The van der Waals surface area contributed by atoms with Crippen LogP contribution in [0.4, 0.5) is 0 Å². The number of nitrogens with one attached hydrogen (secondary N) is 1. The molecule has 1 aromatic carbocycles. The van der Waals surface area contributed by atoms with E-state index in [2.05, 4.69) is 4.98 Å². The summed E-state index contributed by atoms with van der Waals surface area (Å²) in [7, 11) is 1.58. The third kappa shape index (κ3) is 0.943. The number of benzene rings is 1. The third-order valence-electron chi connectivity index (χ3n) is 1.97. The quantitative estimate of drug-likeness (QED) is 0.614. The van der Waals surface area contributed by atoms with Crippen molar-refractivity contribution in [1.29, 1.82) is 0 Å². The van der Waals surface area contributed by atoms with Gasteiger partial charge in [0.05, 0.1) is 0 Å². The van der Waals surface area contributed by atoms with Crippen molar-refractivity contribution < 1.29 is 4.79 Å². The molecule has 1 heterocycles. The van der Waals surface area contributed by atoms with E-state index in [1.165, 1.54) is 0 Å². The van der Waals surface area contributed by atoms with Gasteiger partial charge in [-0.25, -0.2) is 0 Å². The third-order valence-corrected chi connectivity index (χ3v) is 1.97. The number of carbonyl (C=O) groups is 1. The Labute approximate surface area is 71.0 Å². The Kier molecular flexibility index (Phi) is 1.50. The van der Waals surface area contributed by atoms with Crippen molar-refractivity contribution in [2.24, 2.45) is 0 Å². The number of para-hydroxylation sites is 1. The predicted octanol–water partition coefficient (Wildman–Crippen LogP) is 0.941. The second-order valence-corrected chi connectivity index (χ2v) is 2.80. The van der Waals surface area contributed by atoms with E-state index in [0.717, 1.165) is 16.5 Å². The van der Waals surface area contributed by atoms with Crippen LogP contribution in [0.5, 0.6) is 0 Å². The molecule has 0 aliphatic heterocycles. The number of carbonyl (C=O) groups excluding carboxylic acids is 1. The van der Waals surface area contributed by atoms with Gasteiger partial charge in [0, 0.05) is 22.7 Å². The molecular weight excluding hydrogens is 149 g/mol. The molecule has 0 spiro atoms. The molecule has 1 N–H and O–H groups in total. The molecule has 2 nitrogen and oxygen atoms in total. The van der Waals surface area contributed by atoms with Crippen LogP contribution in [0.15, 0.2) is 30.5 Å². The zero-order valence-corrected chi connectivity index (χ0v) is 6.79. The molecule has 0 amide bonds. The van der Waals surface area contributed by atoms with Gasteiger partial charge >= 0.3 is 0 Å². The van der Waals surface area contributed by atoms with Crippen LogP contribution in [0.1, 0.15) is 10.4 Å². The molecule has 0 radical (unpaired) electrons. The topological polar surface area (TPSA) is 32.9 Å². The number of hydrogen-bond acceptors (Lipinski definition) is 1. The molecule has 0 atom stereocenters. The van der Waals surface area contributed by atoms with Gasteiger partial charge in [-0.15, -0.1) is 0 Å². The van der Waals surface area contributed by atoms with Gasteiger partial charge in [0.2, 0.25) is 0 Å². The minimum Gasteiger partial charge on any atom is -0.360 e. The fourth-order valence-electron chi connectivity index (χ4n) is 1.36. The van der Waals surface area contributed by atoms with Gasteiger partial charge in [-0.2, -0.15) is 0 Å². The van der Waals surface area contributed by atoms with E-state index in [0.29, 0.717) is 0 Å². The maximum atomic E-state index is 11.1. The average Bonchev–Trinajstić information content (AvgIpc) is 2.47. The fourth-order valence-corrected chi connectivity index (χ4v) is 1.36. The minimum absolute atomic E-state index is 0.104. The molecule has 0 aliphatic rings. The van der Waals surface area contributed by atoms with E-state index in [9.17, 15) is 4.79 Å². The molecular formula is C9H8BNO. The van der Waals surface area contributed by atoms with Crippen LogP contribution < -0.4 is 0 Å². The van der Waals surface area contributed by atoms with E-state index in [1.54, 1.807) is 14.0 Å². The molecule has 0 bridgehead atoms. The molecule has 0 fully saturated rings. The minimum atomic E-state index is 0.104. The molecule has 58 valence electrons. The van der Waals surface area contributed by atoms with E-state index < -0.39 is 0 Å². The molecule has 2 rings (SSSR count). The van der Waals surface area contributed by atoms with Gasteiger partial charge in [0.1, 0.15) is 5.68 Å². The van der Waals surface area contributed by atoms with E-state index in [-0.39, 0.29) is 5.68 Å². The summed E-state index contributed by atoms with van der Waals surface area (Å²) >= 11 is 0. The van der Waals surface area contributed by atoms with Crippen molar-refractivity contribution in [2.75, 3.05) is 0 Å². The highest BCUT2D eigenvalue weighted by atomic mass is 16.1. The summed E-state index contributed by atoms with van der Waals surface area (Å²) in [6.07, 6.45) is 1.76. The largest absolute Gasteiger partial charge is 0.360 e. The normalized spacial score (nSPS) is 10.3. The highest BCUT2D eigenvalue weighted by Gasteiger charge is 2.05. The first-order valence-corrected chi connectivity index (χ1v) is 3.86. The molecule has 0 aliphatic carbocycles. The zero-order chi connectivity index (χ0) is 8.55. The number of rotatable bonds is 1. The predicted molar refractivity (Wildman–Crippen MR) is 51.2 cm³/mol. The maximum absolute atomic E-state index is 11.1. The zero-order valence-electron chi connectivity index (χ0n) is 6.79. The summed E-state index contributed by atoms with van der Waals surface area (Å²) < 4.78 is 0. The number of aromatic amines is 1. The van der Waals surface area contributed by atoms with Gasteiger partial charge in [0.15, 0.2) is 7.85 Å². The molecule has 0 saturated carbocycles. The summed E-state index contributed by atoms with van der Waals surface area (Å²) in [4.78, 5) is 14.1. The Bertz CT molecular complexity index is 433. The summed E-state index contributed by atoms with van der Waals surface area (Å²) in [5.74, 6) is 0. The van der Waals surface area contributed by atoms with Crippen molar-refractivity contribution in [3.05, 3.63) is 36.0 Å². The Morgan fingerprint density at radius 3 is 2.83 bits per heavy atom. The van der Waals surface area contributed by atoms with Crippen molar-refractivity contribution in [3.8, 4) is 0 Å². The fraction of sp³-hybridized carbons (Fsp3) is 0. The number of hydrogen-bond donors (Lipinski definition) is 1. The molecule has 1 aromatic heterocycles. The summed E-state index contributed by atoms with van der Waals surface area (Å²) in [6, 6.07) is 7.79. The van der Waals surface area contributed by atoms with Crippen LogP contribution in [-0.4, -0.2) is 18.5 Å². The first kappa shape index (κ1) is 7.16. The highest BCUT2D eigenvalue weighted by molar-refractivity contribution is 6.63. The van der Waals surface area contributed by atoms with Crippen LogP contribution in [-0.2, 0) is 0 Å². The van der Waals surface area contributed by atoms with Gasteiger partial charge in [-0.3, -0.25) is 0 Å². The van der Waals surface area contributed by atoms with Crippen LogP contribution in [0.25, 0.3) is 10.9 Å². The smallest absolute Gasteiger partial charge is 0.193 e. The summed E-state index contributed by atoms with van der Waals surface area (Å²) in [6.45, 7) is 0. The first-order valence-electron chi connectivity index (χ1n) is 3.86. The number of H-pyrrole nitrogens is 1. The summed E-state index contributed by atoms with van der Waals surface area (Å²) in [5, 5.41) is 1.00. The average molecular weight is 157 g/mol. The van der Waals surface area contributed by atoms with Gasteiger partial charge in [-0.1, -0.05) is 18.2 Å². The van der Waals surface area contributed by atoms with Crippen molar-refractivity contribution >= 4 is 24.4 Å². The Morgan fingerprint density at radius 1 is 1.33 bits per heavy atom. The van der Waals surface area contributed by atoms with Gasteiger partial charge in [0.25, 0.3) is 0 Å². The van der Waals surface area contributed by atoms with Crippen molar-refractivity contribution in [3.63, 3.8) is 0 Å². The van der Waals surface area contributed by atoms with Crippen LogP contribution in [0, 0.1) is 0 Å². The van der Waals surface area contributed by atoms with E-state index in [4.69, 9.17) is 0 Å². The number of fused-ring (bicyclic) bond motifs is 1. The monoisotopic (exact) mass is 157 g/mol.